The second kappa shape index (κ2) is 5.10. The van der Waals surface area contributed by atoms with E-state index in [9.17, 15) is 4.79 Å². The van der Waals surface area contributed by atoms with Gasteiger partial charge in [0.05, 0.1) is 0 Å². The summed E-state index contributed by atoms with van der Waals surface area (Å²) >= 11 is 0. The van der Waals surface area contributed by atoms with E-state index in [2.05, 4.69) is 19.2 Å². The van der Waals surface area contributed by atoms with E-state index in [-0.39, 0.29) is 0 Å². The Morgan fingerprint density at radius 1 is 1.11 bits per heavy atom. The number of amides is 1. The first-order chi connectivity index (χ1) is 9.05. The molecule has 1 amide bonds. The average Bonchev–Trinajstić information content (AvgIpc) is 2.25. The molecule has 1 N–H and O–H groups in total. The van der Waals surface area contributed by atoms with Crippen LogP contribution in [0, 0.1) is 29.1 Å². The molecule has 4 bridgehead atoms. The molecule has 108 valence electrons. The van der Waals surface area contributed by atoms with Crippen molar-refractivity contribution in [3.8, 4) is 0 Å². The van der Waals surface area contributed by atoms with Gasteiger partial charge in [0.1, 0.15) is 0 Å². The van der Waals surface area contributed by atoms with Gasteiger partial charge in [-0.3, -0.25) is 4.79 Å². The molecular formula is C17H29NO. The van der Waals surface area contributed by atoms with Crippen LogP contribution < -0.4 is 5.32 Å². The summed E-state index contributed by atoms with van der Waals surface area (Å²) in [5, 5.41) is 3.15. The number of hydrogen-bond acceptors (Lipinski definition) is 1. The Balaban J connectivity index is 1.53. The van der Waals surface area contributed by atoms with Gasteiger partial charge >= 0.3 is 0 Å². The van der Waals surface area contributed by atoms with Crippen molar-refractivity contribution in [2.75, 3.05) is 6.54 Å². The molecule has 0 aromatic rings. The van der Waals surface area contributed by atoms with Crippen LogP contribution in [-0.4, -0.2) is 12.5 Å². The Kier molecular flexibility index (Phi) is 3.61. The van der Waals surface area contributed by atoms with Gasteiger partial charge in [-0.05, 0) is 74.0 Å². The van der Waals surface area contributed by atoms with Gasteiger partial charge in [-0.1, -0.05) is 13.8 Å². The van der Waals surface area contributed by atoms with E-state index in [1.165, 1.54) is 38.5 Å². The highest BCUT2D eigenvalue weighted by Crippen LogP contribution is 2.61. The van der Waals surface area contributed by atoms with Crippen molar-refractivity contribution in [3.05, 3.63) is 0 Å². The SMILES string of the molecule is CC(C)CCNC(=O)CC12CC3CC(CC(C3)C1)C2. The van der Waals surface area contributed by atoms with Crippen molar-refractivity contribution in [3.63, 3.8) is 0 Å². The fraction of sp³-hybridized carbons (Fsp3) is 0.941. The average molecular weight is 263 g/mol. The van der Waals surface area contributed by atoms with E-state index in [0.29, 0.717) is 17.2 Å². The summed E-state index contributed by atoms with van der Waals surface area (Å²) in [6, 6.07) is 0. The molecule has 4 aliphatic rings. The normalized spacial score (nSPS) is 39.8. The summed E-state index contributed by atoms with van der Waals surface area (Å²) in [4.78, 5) is 12.2. The van der Waals surface area contributed by atoms with Crippen LogP contribution in [0.4, 0.5) is 0 Å². The molecule has 0 spiro atoms. The number of nitrogens with one attached hydrogen (secondary N) is 1. The van der Waals surface area contributed by atoms with Crippen molar-refractivity contribution >= 4 is 5.91 Å². The maximum atomic E-state index is 12.2. The number of carbonyl (C=O) groups excluding carboxylic acids is 1. The Labute approximate surface area is 117 Å². The largest absolute Gasteiger partial charge is 0.356 e. The van der Waals surface area contributed by atoms with Crippen LogP contribution in [0.25, 0.3) is 0 Å². The van der Waals surface area contributed by atoms with Crippen molar-refractivity contribution in [2.45, 2.75) is 65.2 Å². The third-order valence-corrected chi connectivity index (χ3v) is 5.74. The van der Waals surface area contributed by atoms with Crippen LogP contribution >= 0.6 is 0 Å². The molecule has 4 rings (SSSR count). The molecule has 2 heteroatoms. The lowest BCUT2D eigenvalue weighted by Crippen LogP contribution is -2.48. The summed E-state index contributed by atoms with van der Waals surface area (Å²) in [6.07, 6.45) is 10.3. The molecule has 0 aromatic carbocycles. The summed E-state index contributed by atoms with van der Waals surface area (Å²) < 4.78 is 0. The quantitative estimate of drug-likeness (QED) is 0.804. The molecule has 19 heavy (non-hydrogen) atoms. The summed E-state index contributed by atoms with van der Waals surface area (Å²) in [5.41, 5.74) is 0.399. The zero-order chi connectivity index (χ0) is 13.5. The minimum atomic E-state index is 0.322. The molecule has 0 aliphatic heterocycles. The maximum absolute atomic E-state index is 12.2. The lowest BCUT2D eigenvalue weighted by molar-refractivity contribution is -0.129. The fourth-order valence-corrected chi connectivity index (χ4v) is 5.41. The molecule has 4 saturated carbocycles. The van der Waals surface area contributed by atoms with E-state index in [0.717, 1.165) is 37.1 Å². The fourth-order valence-electron chi connectivity index (χ4n) is 5.41. The first-order valence-corrected chi connectivity index (χ1v) is 8.31. The van der Waals surface area contributed by atoms with Crippen molar-refractivity contribution in [1.82, 2.24) is 5.32 Å². The monoisotopic (exact) mass is 263 g/mol. The van der Waals surface area contributed by atoms with Crippen LogP contribution in [0.5, 0.6) is 0 Å². The molecule has 4 aliphatic carbocycles. The summed E-state index contributed by atoms with van der Waals surface area (Å²) in [7, 11) is 0. The van der Waals surface area contributed by atoms with E-state index < -0.39 is 0 Å². The van der Waals surface area contributed by atoms with Gasteiger partial charge in [-0.15, -0.1) is 0 Å². The van der Waals surface area contributed by atoms with E-state index >= 15 is 0 Å². The Morgan fingerprint density at radius 3 is 2.11 bits per heavy atom. The number of rotatable bonds is 5. The summed E-state index contributed by atoms with van der Waals surface area (Å²) in [5.74, 6) is 3.86. The lowest BCUT2D eigenvalue weighted by atomic mass is 9.49. The smallest absolute Gasteiger partial charge is 0.220 e. The minimum absolute atomic E-state index is 0.322. The van der Waals surface area contributed by atoms with Crippen molar-refractivity contribution in [1.29, 1.82) is 0 Å². The first-order valence-electron chi connectivity index (χ1n) is 8.31. The third kappa shape index (κ3) is 2.98. The van der Waals surface area contributed by atoms with E-state index in [1.54, 1.807) is 0 Å². The lowest BCUT2D eigenvalue weighted by Gasteiger charge is -2.56. The van der Waals surface area contributed by atoms with Crippen molar-refractivity contribution < 1.29 is 4.79 Å². The molecule has 0 radical (unpaired) electrons. The van der Waals surface area contributed by atoms with E-state index in [4.69, 9.17) is 0 Å². The van der Waals surface area contributed by atoms with Crippen LogP contribution in [0.15, 0.2) is 0 Å². The minimum Gasteiger partial charge on any atom is -0.356 e. The van der Waals surface area contributed by atoms with Crippen molar-refractivity contribution in [2.24, 2.45) is 29.1 Å². The maximum Gasteiger partial charge on any atom is 0.220 e. The van der Waals surface area contributed by atoms with Gasteiger partial charge in [0, 0.05) is 13.0 Å². The highest BCUT2D eigenvalue weighted by atomic mass is 16.1. The molecule has 4 fully saturated rings. The Morgan fingerprint density at radius 2 is 1.63 bits per heavy atom. The predicted octanol–water partition coefficient (Wildman–Crippen LogP) is 3.76. The zero-order valence-corrected chi connectivity index (χ0v) is 12.6. The third-order valence-electron chi connectivity index (χ3n) is 5.74. The first kappa shape index (κ1) is 13.5. The van der Waals surface area contributed by atoms with Gasteiger partial charge in [0.15, 0.2) is 0 Å². The molecular weight excluding hydrogens is 234 g/mol. The highest BCUT2D eigenvalue weighted by Gasteiger charge is 2.51. The number of carbonyl (C=O) groups is 1. The predicted molar refractivity (Wildman–Crippen MR) is 77.7 cm³/mol. The molecule has 0 heterocycles. The summed E-state index contributed by atoms with van der Waals surface area (Å²) in [6.45, 7) is 5.29. The Bertz CT molecular complexity index is 312. The molecule has 0 atom stereocenters. The van der Waals surface area contributed by atoms with E-state index in [1.807, 2.05) is 0 Å². The molecule has 0 aromatic heterocycles. The topological polar surface area (TPSA) is 29.1 Å². The van der Waals surface area contributed by atoms with Crippen LogP contribution in [0.1, 0.15) is 65.2 Å². The van der Waals surface area contributed by atoms with Crippen LogP contribution in [0.3, 0.4) is 0 Å². The molecule has 0 saturated heterocycles. The zero-order valence-electron chi connectivity index (χ0n) is 12.6. The van der Waals surface area contributed by atoms with Gasteiger partial charge in [0.25, 0.3) is 0 Å². The van der Waals surface area contributed by atoms with Gasteiger partial charge in [0.2, 0.25) is 5.91 Å². The van der Waals surface area contributed by atoms with Crippen LogP contribution in [-0.2, 0) is 4.79 Å². The Hall–Kier alpha value is -0.530. The highest BCUT2D eigenvalue weighted by molar-refractivity contribution is 5.76. The standard InChI is InChI=1S/C17H29NO/c1-12(2)3-4-18-16(19)11-17-8-13-5-14(9-17)7-15(6-13)10-17/h12-15H,3-11H2,1-2H3,(H,18,19). The van der Waals surface area contributed by atoms with Gasteiger partial charge in [-0.25, -0.2) is 0 Å². The van der Waals surface area contributed by atoms with Gasteiger partial charge in [-0.2, -0.15) is 0 Å². The second-order valence-electron chi connectivity index (χ2n) is 8.13. The molecule has 0 unspecified atom stereocenters. The van der Waals surface area contributed by atoms with Crippen LogP contribution in [0.2, 0.25) is 0 Å². The number of hydrogen-bond donors (Lipinski definition) is 1. The second-order valence-corrected chi connectivity index (χ2v) is 8.13. The molecule has 2 nitrogen and oxygen atoms in total. The van der Waals surface area contributed by atoms with Gasteiger partial charge < -0.3 is 5.32 Å².